The molecule has 0 heterocycles. The molecule has 2 unspecified atom stereocenters. The molecule has 0 saturated carbocycles. The molecule has 0 spiro atoms. The quantitative estimate of drug-likeness (QED) is 0.365. The topological polar surface area (TPSA) is 55.4 Å². The van der Waals surface area contributed by atoms with E-state index in [2.05, 4.69) is 0 Å². The monoisotopic (exact) mass is 361 g/mol. The van der Waals surface area contributed by atoms with Crippen LogP contribution in [0.25, 0.3) is 0 Å². The summed E-state index contributed by atoms with van der Waals surface area (Å²) >= 11 is 0. The molecule has 1 amide bonds. The Morgan fingerprint density at radius 3 is 2.08 bits per heavy atom. The number of rotatable bonds is 10. The van der Waals surface area contributed by atoms with Crippen LogP contribution >= 0.6 is 0 Å². The van der Waals surface area contributed by atoms with Gasteiger partial charge in [-0.2, -0.15) is 22.0 Å². The van der Waals surface area contributed by atoms with Gasteiger partial charge < -0.3 is 10.1 Å². The van der Waals surface area contributed by atoms with E-state index in [1.807, 2.05) is 6.92 Å². The Morgan fingerprint density at radius 1 is 1.04 bits per heavy atom. The average Bonchev–Trinajstić information content (AvgIpc) is 2.49. The van der Waals surface area contributed by atoms with Gasteiger partial charge in [-0.25, -0.2) is 4.79 Å². The molecule has 4 nitrogen and oxygen atoms in total. The highest BCUT2D eigenvalue weighted by Gasteiger charge is 2.63. The van der Waals surface area contributed by atoms with Crippen LogP contribution < -0.4 is 5.32 Å². The molecule has 0 aromatic carbocycles. The van der Waals surface area contributed by atoms with Gasteiger partial charge in [0.1, 0.15) is 6.04 Å². The van der Waals surface area contributed by atoms with Gasteiger partial charge in [0.2, 0.25) is 0 Å². The molecule has 0 aliphatic heterocycles. The number of hydrogen-bond acceptors (Lipinski definition) is 3. The van der Waals surface area contributed by atoms with Gasteiger partial charge in [0, 0.05) is 0 Å². The Kier molecular flexibility index (Phi) is 9.21. The van der Waals surface area contributed by atoms with Crippen LogP contribution in [0.3, 0.4) is 0 Å². The van der Waals surface area contributed by atoms with Gasteiger partial charge in [0.25, 0.3) is 0 Å². The van der Waals surface area contributed by atoms with E-state index in [0.29, 0.717) is 6.42 Å². The van der Waals surface area contributed by atoms with Crippen molar-refractivity contribution in [3.63, 3.8) is 0 Å². The Bertz CT molecular complexity index is 412. The highest BCUT2D eigenvalue weighted by Crippen LogP contribution is 2.35. The fourth-order valence-electron chi connectivity index (χ4n) is 1.82. The summed E-state index contributed by atoms with van der Waals surface area (Å²) in [7, 11) is 0. The summed E-state index contributed by atoms with van der Waals surface area (Å²) in [5, 5.41) is 1.48. The summed E-state index contributed by atoms with van der Waals surface area (Å²) < 4.78 is 67.6. The Hall–Kier alpha value is -1.41. The Balaban J connectivity index is 4.84. The highest BCUT2D eigenvalue weighted by atomic mass is 19.4. The lowest BCUT2D eigenvalue weighted by molar-refractivity contribution is -0.270. The normalized spacial score (nSPS) is 14.8. The van der Waals surface area contributed by atoms with E-state index in [0.717, 1.165) is 19.3 Å². The summed E-state index contributed by atoms with van der Waals surface area (Å²) in [5.74, 6) is -9.78. The number of ether oxygens (including phenoxy) is 1. The highest BCUT2D eigenvalue weighted by molar-refractivity contribution is 5.89. The van der Waals surface area contributed by atoms with Gasteiger partial charge >= 0.3 is 24.0 Å². The molecule has 24 heavy (non-hydrogen) atoms. The molecule has 9 heteroatoms. The largest absolute Gasteiger partial charge is 0.464 e. The van der Waals surface area contributed by atoms with Crippen molar-refractivity contribution < 1.29 is 36.3 Å². The van der Waals surface area contributed by atoms with Crippen LogP contribution in [-0.2, 0) is 14.3 Å². The van der Waals surface area contributed by atoms with Crippen LogP contribution in [0.2, 0.25) is 0 Å². The first-order valence-electron chi connectivity index (χ1n) is 7.91. The molecule has 0 rings (SSSR count). The molecule has 1 N–H and O–H groups in total. The third kappa shape index (κ3) is 6.60. The van der Waals surface area contributed by atoms with E-state index in [1.54, 1.807) is 6.92 Å². The van der Waals surface area contributed by atoms with Crippen LogP contribution in [0, 0.1) is 5.92 Å². The fraction of sp³-hybridized carbons (Fsp3) is 0.867. The van der Waals surface area contributed by atoms with E-state index in [4.69, 9.17) is 4.74 Å². The van der Waals surface area contributed by atoms with Crippen molar-refractivity contribution in [2.24, 2.45) is 5.92 Å². The molecule has 2 atom stereocenters. The number of carbonyl (C=O) groups excluding carboxylic acids is 2. The van der Waals surface area contributed by atoms with E-state index in [-0.39, 0.29) is 13.0 Å². The van der Waals surface area contributed by atoms with Crippen LogP contribution in [0.4, 0.5) is 22.0 Å². The number of esters is 1. The lowest BCUT2D eigenvalue weighted by Crippen LogP contribution is -2.56. The first kappa shape index (κ1) is 22.6. The molecular weight excluding hydrogens is 337 g/mol. The second-order valence-corrected chi connectivity index (χ2v) is 5.64. The molecule has 0 aromatic rings. The van der Waals surface area contributed by atoms with Crippen LogP contribution in [0.5, 0.6) is 0 Å². The lowest BCUT2D eigenvalue weighted by atomic mass is 9.99. The Labute approximate surface area is 138 Å². The summed E-state index contributed by atoms with van der Waals surface area (Å²) in [6.07, 6.45) is -2.49. The Morgan fingerprint density at radius 2 is 1.62 bits per heavy atom. The van der Waals surface area contributed by atoms with Crippen molar-refractivity contribution >= 4 is 11.9 Å². The summed E-state index contributed by atoms with van der Waals surface area (Å²) in [4.78, 5) is 23.2. The zero-order chi connectivity index (χ0) is 19.0. The molecule has 0 saturated heterocycles. The van der Waals surface area contributed by atoms with Crippen molar-refractivity contribution in [2.75, 3.05) is 6.61 Å². The lowest BCUT2D eigenvalue weighted by Gasteiger charge is -2.26. The third-order valence-electron chi connectivity index (χ3n) is 3.64. The number of amides is 1. The SMILES string of the molecule is CCCCCCOC(=O)C(NC(=O)C(F)(F)C(F)(F)F)C(C)CC. The maximum Gasteiger partial charge on any atom is 0.463 e. The molecule has 0 bridgehead atoms. The second-order valence-electron chi connectivity index (χ2n) is 5.64. The van der Waals surface area contributed by atoms with E-state index in [9.17, 15) is 31.5 Å². The van der Waals surface area contributed by atoms with E-state index >= 15 is 0 Å². The zero-order valence-electron chi connectivity index (χ0n) is 14.0. The minimum atomic E-state index is -6.03. The van der Waals surface area contributed by atoms with Crippen LogP contribution in [0.1, 0.15) is 52.9 Å². The van der Waals surface area contributed by atoms with Gasteiger partial charge in [-0.1, -0.05) is 46.5 Å². The predicted molar refractivity (Wildman–Crippen MR) is 77.5 cm³/mol. The number of alkyl halides is 5. The molecule has 142 valence electrons. The van der Waals surface area contributed by atoms with Crippen LogP contribution in [0.15, 0.2) is 0 Å². The summed E-state index contributed by atoms with van der Waals surface area (Å²) in [5.41, 5.74) is 0. The average molecular weight is 361 g/mol. The van der Waals surface area contributed by atoms with Crippen molar-refractivity contribution in [1.82, 2.24) is 5.32 Å². The van der Waals surface area contributed by atoms with Gasteiger partial charge in [0.15, 0.2) is 0 Å². The number of nitrogens with one attached hydrogen (secondary N) is 1. The van der Waals surface area contributed by atoms with E-state index < -0.39 is 35.9 Å². The molecule has 0 aromatic heterocycles. The number of unbranched alkanes of at least 4 members (excludes halogenated alkanes) is 3. The summed E-state index contributed by atoms with van der Waals surface area (Å²) in [6.45, 7) is 5.08. The van der Waals surface area contributed by atoms with Gasteiger partial charge in [-0.05, 0) is 12.3 Å². The molecule has 0 fully saturated rings. The minimum Gasteiger partial charge on any atom is -0.464 e. The number of hydrogen-bond donors (Lipinski definition) is 1. The van der Waals surface area contributed by atoms with Gasteiger partial charge in [0.05, 0.1) is 6.61 Å². The number of carbonyl (C=O) groups is 2. The summed E-state index contributed by atoms with van der Waals surface area (Å²) in [6, 6.07) is -1.55. The maximum absolute atomic E-state index is 13.0. The van der Waals surface area contributed by atoms with Crippen molar-refractivity contribution in [3.8, 4) is 0 Å². The predicted octanol–water partition coefficient (Wildman–Crippen LogP) is 3.84. The van der Waals surface area contributed by atoms with Gasteiger partial charge in [-0.3, -0.25) is 4.79 Å². The van der Waals surface area contributed by atoms with Gasteiger partial charge in [-0.15, -0.1) is 0 Å². The molecular formula is C15H24F5NO3. The first-order chi connectivity index (χ1) is 11.0. The third-order valence-corrected chi connectivity index (χ3v) is 3.64. The van der Waals surface area contributed by atoms with Crippen LogP contribution in [-0.4, -0.2) is 36.6 Å². The standard InChI is InChI=1S/C15H24F5NO3/c1-4-6-7-8-9-24-12(22)11(10(3)5-2)21-13(23)14(16,17)15(18,19)20/h10-11H,4-9H2,1-3H3,(H,21,23). The maximum atomic E-state index is 13.0. The first-order valence-corrected chi connectivity index (χ1v) is 7.91. The smallest absolute Gasteiger partial charge is 0.463 e. The second kappa shape index (κ2) is 9.78. The molecule has 0 aliphatic rings. The zero-order valence-corrected chi connectivity index (χ0v) is 14.0. The number of halogens is 5. The fourth-order valence-corrected chi connectivity index (χ4v) is 1.82. The van der Waals surface area contributed by atoms with Crippen molar-refractivity contribution in [3.05, 3.63) is 0 Å². The van der Waals surface area contributed by atoms with Crippen molar-refractivity contribution in [2.45, 2.75) is 71.0 Å². The molecule has 0 aliphatic carbocycles. The van der Waals surface area contributed by atoms with Crippen molar-refractivity contribution in [1.29, 1.82) is 0 Å². The van der Waals surface area contributed by atoms with E-state index in [1.165, 1.54) is 12.2 Å². The molecule has 0 radical (unpaired) electrons. The minimum absolute atomic E-state index is 0.0251.